The second-order valence-electron chi connectivity index (χ2n) is 5.44. The molecule has 0 spiro atoms. The average Bonchev–Trinajstić information content (AvgIpc) is 3.12. The van der Waals surface area contributed by atoms with Crippen LogP contribution in [0.4, 0.5) is 5.82 Å². The maximum absolute atomic E-state index is 11.3. The molecule has 0 aliphatic heterocycles. The number of carbonyl (C=O) groups is 1. The topological polar surface area (TPSA) is 66.3 Å². The number of carboxylic acid groups (broad SMARTS) is 1. The first-order valence-corrected chi connectivity index (χ1v) is 8.22. The van der Waals surface area contributed by atoms with Crippen molar-refractivity contribution in [2.75, 3.05) is 11.4 Å². The summed E-state index contributed by atoms with van der Waals surface area (Å²) < 4.78 is 0. The lowest BCUT2D eigenvalue weighted by Gasteiger charge is -2.28. The number of anilines is 1. The fourth-order valence-electron chi connectivity index (χ4n) is 3.03. The molecular formula is C15H19N3O2S. The van der Waals surface area contributed by atoms with Gasteiger partial charge in [0.2, 0.25) is 0 Å². The number of hydrogen-bond acceptors (Lipinski definition) is 5. The van der Waals surface area contributed by atoms with Crippen LogP contribution >= 0.6 is 11.3 Å². The van der Waals surface area contributed by atoms with E-state index in [1.54, 1.807) is 17.7 Å². The fraction of sp³-hybridized carbons (Fsp3) is 0.533. The molecule has 0 bridgehead atoms. The van der Waals surface area contributed by atoms with E-state index in [4.69, 9.17) is 0 Å². The van der Waals surface area contributed by atoms with Gasteiger partial charge < -0.3 is 10.0 Å². The molecule has 2 aromatic heterocycles. The molecule has 0 aromatic carbocycles. The molecule has 0 radical (unpaired) electrons. The van der Waals surface area contributed by atoms with Crippen LogP contribution in [0.1, 0.15) is 37.5 Å². The average molecular weight is 305 g/mol. The minimum atomic E-state index is -0.806. The van der Waals surface area contributed by atoms with Crippen molar-refractivity contribution in [2.24, 2.45) is 0 Å². The van der Waals surface area contributed by atoms with Crippen molar-refractivity contribution in [1.82, 2.24) is 9.97 Å². The number of hydrogen-bond donors (Lipinski definition) is 1. The smallest absolute Gasteiger partial charge is 0.323 e. The van der Waals surface area contributed by atoms with E-state index in [0.717, 1.165) is 35.3 Å². The minimum Gasteiger partial charge on any atom is -0.480 e. The summed E-state index contributed by atoms with van der Waals surface area (Å²) in [6, 6.07) is 2.39. The zero-order chi connectivity index (χ0) is 14.8. The van der Waals surface area contributed by atoms with Crippen molar-refractivity contribution >= 4 is 33.3 Å². The number of rotatable bonds is 5. The fourth-order valence-corrected chi connectivity index (χ4v) is 3.96. The first-order chi connectivity index (χ1) is 10.2. The Morgan fingerprint density at radius 3 is 2.86 bits per heavy atom. The van der Waals surface area contributed by atoms with E-state index in [9.17, 15) is 9.90 Å². The molecule has 6 heteroatoms. The number of thiophene rings is 1. The molecule has 1 aliphatic rings. The second kappa shape index (κ2) is 5.97. The van der Waals surface area contributed by atoms with Gasteiger partial charge in [-0.05, 0) is 25.3 Å². The van der Waals surface area contributed by atoms with Gasteiger partial charge in [0.05, 0.1) is 5.39 Å². The maximum atomic E-state index is 11.3. The van der Waals surface area contributed by atoms with Gasteiger partial charge in [-0.1, -0.05) is 19.8 Å². The van der Waals surface area contributed by atoms with E-state index in [1.807, 2.05) is 4.90 Å². The first-order valence-electron chi connectivity index (χ1n) is 7.41. The zero-order valence-electron chi connectivity index (χ0n) is 12.1. The van der Waals surface area contributed by atoms with Crippen LogP contribution in [0.25, 0.3) is 10.2 Å². The highest BCUT2D eigenvalue weighted by atomic mass is 32.1. The summed E-state index contributed by atoms with van der Waals surface area (Å²) >= 11 is 1.67. The van der Waals surface area contributed by atoms with E-state index >= 15 is 0 Å². The number of aromatic nitrogens is 2. The molecule has 2 heterocycles. The molecule has 1 N–H and O–H groups in total. The summed E-state index contributed by atoms with van der Waals surface area (Å²) in [4.78, 5) is 24.2. The van der Waals surface area contributed by atoms with Gasteiger partial charge in [-0.3, -0.25) is 4.79 Å². The van der Waals surface area contributed by atoms with Crippen LogP contribution in [0.3, 0.4) is 0 Å². The summed E-state index contributed by atoms with van der Waals surface area (Å²) in [6.45, 7) is 2.12. The van der Waals surface area contributed by atoms with Crippen LogP contribution in [0, 0.1) is 0 Å². The third-order valence-electron chi connectivity index (χ3n) is 4.05. The Balaban J connectivity index is 2.04. The monoisotopic (exact) mass is 305 g/mol. The molecule has 1 saturated carbocycles. The van der Waals surface area contributed by atoms with Gasteiger partial charge in [0.15, 0.2) is 0 Å². The summed E-state index contributed by atoms with van der Waals surface area (Å²) in [5.41, 5.74) is 0. The van der Waals surface area contributed by atoms with Crippen LogP contribution in [-0.2, 0) is 11.2 Å². The lowest BCUT2D eigenvalue weighted by molar-refractivity contribution is -0.135. The van der Waals surface area contributed by atoms with E-state index in [1.165, 1.54) is 17.7 Å². The Morgan fingerprint density at radius 1 is 1.43 bits per heavy atom. The van der Waals surface area contributed by atoms with Crippen LogP contribution in [0.2, 0.25) is 0 Å². The van der Waals surface area contributed by atoms with Gasteiger partial charge in [0.1, 0.15) is 23.5 Å². The Kier molecular flexibility index (Phi) is 4.05. The molecule has 5 nitrogen and oxygen atoms in total. The summed E-state index contributed by atoms with van der Waals surface area (Å²) in [6.07, 6.45) is 6.94. The third-order valence-corrected chi connectivity index (χ3v) is 5.24. The number of aryl methyl sites for hydroxylation is 1. The number of aliphatic carboxylic acids is 1. The highest BCUT2D eigenvalue weighted by Crippen LogP contribution is 2.34. The molecule has 0 unspecified atom stereocenters. The van der Waals surface area contributed by atoms with Crippen molar-refractivity contribution in [2.45, 2.75) is 45.1 Å². The van der Waals surface area contributed by atoms with Gasteiger partial charge in [-0.25, -0.2) is 9.97 Å². The highest BCUT2D eigenvalue weighted by Gasteiger charge is 2.27. The first kappa shape index (κ1) is 14.3. The zero-order valence-corrected chi connectivity index (χ0v) is 12.9. The standard InChI is InChI=1S/C15H19N3O2S/c1-2-11-7-12-14(16-9-17-15(12)21-11)18(8-13(19)20)10-5-3-4-6-10/h7,9-10H,2-6,8H2,1H3,(H,19,20). The van der Waals surface area contributed by atoms with Gasteiger partial charge >= 0.3 is 5.97 Å². The number of fused-ring (bicyclic) bond motifs is 1. The van der Waals surface area contributed by atoms with E-state index in [0.29, 0.717) is 0 Å². The molecule has 1 fully saturated rings. The predicted octanol–water partition coefficient (Wildman–Crippen LogP) is 3.09. The highest BCUT2D eigenvalue weighted by molar-refractivity contribution is 7.18. The van der Waals surface area contributed by atoms with Gasteiger partial charge in [-0.15, -0.1) is 11.3 Å². The van der Waals surface area contributed by atoms with Crippen LogP contribution < -0.4 is 4.90 Å². The number of carboxylic acids is 1. The molecule has 21 heavy (non-hydrogen) atoms. The van der Waals surface area contributed by atoms with Crippen molar-refractivity contribution in [1.29, 1.82) is 0 Å². The Morgan fingerprint density at radius 2 is 2.19 bits per heavy atom. The molecule has 3 rings (SSSR count). The molecule has 0 amide bonds. The van der Waals surface area contributed by atoms with E-state index in [-0.39, 0.29) is 12.6 Å². The van der Waals surface area contributed by atoms with Crippen LogP contribution in [0.5, 0.6) is 0 Å². The van der Waals surface area contributed by atoms with Crippen LogP contribution in [-0.4, -0.2) is 33.6 Å². The Labute approximate surface area is 127 Å². The normalized spacial score (nSPS) is 15.7. The number of nitrogens with zero attached hydrogens (tertiary/aromatic N) is 3. The lowest BCUT2D eigenvalue weighted by atomic mass is 10.2. The minimum absolute atomic E-state index is 0.00802. The van der Waals surface area contributed by atoms with Crippen molar-refractivity contribution in [3.63, 3.8) is 0 Å². The Hall–Kier alpha value is -1.69. The van der Waals surface area contributed by atoms with Crippen molar-refractivity contribution < 1.29 is 9.90 Å². The van der Waals surface area contributed by atoms with Crippen LogP contribution in [0.15, 0.2) is 12.4 Å². The maximum Gasteiger partial charge on any atom is 0.323 e. The van der Waals surface area contributed by atoms with E-state index in [2.05, 4.69) is 23.0 Å². The molecule has 2 aromatic rings. The molecule has 0 atom stereocenters. The molecule has 112 valence electrons. The van der Waals surface area contributed by atoms with Gasteiger partial charge in [0.25, 0.3) is 0 Å². The quantitative estimate of drug-likeness (QED) is 0.919. The SMILES string of the molecule is CCc1cc2c(N(CC(=O)O)C3CCCC3)ncnc2s1. The summed E-state index contributed by atoms with van der Waals surface area (Å²) in [5.74, 6) is -0.0233. The van der Waals surface area contributed by atoms with Crippen molar-refractivity contribution in [3.05, 3.63) is 17.3 Å². The molecule has 1 aliphatic carbocycles. The van der Waals surface area contributed by atoms with Crippen molar-refractivity contribution in [3.8, 4) is 0 Å². The molecular weight excluding hydrogens is 286 g/mol. The Bertz CT molecular complexity index is 649. The lowest BCUT2D eigenvalue weighted by Crippen LogP contribution is -2.38. The largest absolute Gasteiger partial charge is 0.480 e. The predicted molar refractivity (Wildman–Crippen MR) is 84.0 cm³/mol. The van der Waals surface area contributed by atoms with Gasteiger partial charge in [-0.2, -0.15) is 0 Å². The summed E-state index contributed by atoms with van der Waals surface area (Å²) in [5, 5.41) is 10.2. The van der Waals surface area contributed by atoms with E-state index < -0.39 is 5.97 Å². The van der Waals surface area contributed by atoms with Gasteiger partial charge in [0, 0.05) is 10.9 Å². The summed E-state index contributed by atoms with van der Waals surface area (Å²) in [7, 11) is 0. The third kappa shape index (κ3) is 2.85. The second-order valence-corrected chi connectivity index (χ2v) is 6.56. The molecule has 0 saturated heterocycles.